The summed E-state index contributed by atoms with van der Waals surface area (Å²) < 4.78 is 1.58. The zero-order chi connectivity index (χ0) is 8.01. The number of hydrogen-bond donors (Lipinski definition) is 2. The monoisotopic (exact) mass is 187 g/mol. The molecule has 2 aromatic heterocycles. The molecule has 12 heavy (non-hydrogen) atoms. The molecule has 2 heterocycles. The molecule has 0 saturated carbocycles. The van der Waals surface area contributed by atoms with Crippen molar-refractivity contribution in [2.24, 2.45) is 0 Å². The summed E-state index contributed by atoms with van der Waals surface area (Å²) in [6.07, 6.45) is 0. The van der Waals surface area contributed by atoms with Gasteiger partial charge in [-0.25, -0.2) is 4.98 Å². The molecule has 0 fully saturated rings. The SMILES string of the molecule is Cc1nc2c(N)c(C)[nH]n2n1.Cl. The molecule has 0 aliphatic heterocycles. The Morgan fingerprint density at radius 3 is 2.67 bits per heavy atom. The Labute approximate surface area is 75.4 Å². The second-order valence-electron chi connectivity index (χ2n) is 2.54. The number of halogens is 1. The van der Waals surface area contributed by atoms with E-state index in [1.54, 1.807) is 4.63 Å². The van der Waals surface area contributed by atoms with Gasteiger partial charge in [-0.1, -0.05) is 0 Å². The first-order valence-electron chi connectivity index (χ1n) is 3.36. The van der Waals surface area contributed by atoms with E-state index in [1.165, 1.54) is 0 Å². The number of rotatable bonds is 0. The smallest absolute Gasteiger partial charge is 0.198 e. The van der Waals surface area contributed by atoms with E-state index < -0.39 is 0 Å². The van der Waals surface area contributed by atoms with E-state index >= 15 is 0 Å². The van der Waals surface area contributed by atoms with Crippen molar-refractivity contribution in [3.8, 4) is 0 Å². The summed E-state index contributed by atoms with van der Waals surface area (Å²) in [5.41, 5.74) is 7.98. The average molecular weight is 188 g/mol. The van der Waals surface area contributed by atoms with Gasteiger partial charge in [0.25, 0.3) is 0 Å². The van der Waals surface area contributed by atoms with Crippen molar-refractivity contribution in [1.29, 1.82) is 0 Å². The molecule has 3 N–H and O–H groups in total. The molecule has 0 saturated heterocycles. The van der Waals surface area contributed by atoms with Gasteiger partial charge in [0.15, 0.2) is 5.65 Å². The van der Waals surface area contributed by atoms with Crippen molar-refractivity contribution in [3.05, 3.63) is 11.5 Å². The first-order chi connectivity index (χ1) is 5.18. The van der Waals surface area contributed by atoms with Gasteiger partial charge in [-0.2, -0.15) is 4.63 Å². The van der Waals surface area contributed by atoms with Crippen molar-refractivity contribution in [2.75, 3.05) is 5.73 Å². The summed E-state index contributed by atoms with van der Waals surface area (Å²) >= 11 is 0. The maximum Gasteiger partial charge on any atom is 0.198 e. The molecule has 0 aromatic carbocycles. The van der Waals surface area contributed by atoms with Crippen LogP contribution in [0.2, 0.25) is 0 Å². The summed E-state index contributed by atoms with van der Waals surface area (Å²) in [5.74, 6) is 0.725. The number of fused-ring (bicyclic) bond motifs is 1. The molecule has 0 bridgehead atoms. The maximum atomic E-state index is 5.70. The fourth-order valence-electron chi connectivity index (χ4n) is 1.05. The van der Waals surface area contributed by atoms with Crippen LogP contribution >= 0.6 is 12.4 Å². The van der Waals surface area contributed by atoms with E-state index in [1.807, 2.05) is 13.8 Å². The van der Waals surface area contributed by atoms with Gasteiger partial charge in [-0.15, -0.1) is 17.5 Å². The quantitative estimate of drug-likeness (QED) is 0.637. The van der Waals surface area contributed by atoms with Gasteiger partial charge in [0.2, 0.25) is 0 Å². The fraction of sp³-hybridized carbons (Fsp3) is 0.333. The molecule has 0 unspecified atom stereocenters. The average Bonchev–Trinajstić information content (AvgIpc) is 2.37. The number of nitrogens with two attached hydrogens (primary N) is 1. The number of aromatic amines is 1. The number of hydrogen-bond acceptors (Lipinski definition) is 3. The first-order valence-corrected chi connectivity index (χ1v) is 3.36. The van der Waals surface area contributed by atoms with E-state index in [-0.39, 0.29) is 12.4 Å². The predicted molar refractivity (Wildman–Crippen MR) is 48.5 cm³/mol. The molecular weight excluding hydrogens is 178 g/mol. The Kier molecular flexibility index (Phi) is 1.97. The van der Waals surface area contributed by atoms with Crippen LogP contribution in [0.4, 0.5) is 5.69 Å². The summed E-state index contributed by atoms with van der Waals surface area (Å²) in [7, 11) is 0. The highest BCUT2D eigenvalue weighted by Gasteiger charge is 2.07. The summed E-state index contributed by atoms with van der Waals surface area (Å²) in [4.78, 5) is 4.13. The minimum absolute atomic E-state index is 0. The lowest BCUT2D eigenvalue weighted by atomic mass is 10.4. The molecule has 0 spiro atoms. The van der Waals surface area contributed by atoms with Gasteiger partial charge in [-0.05, 0) is 13.8 Å². The summed E-state index contributed by atoms with van der Waals surface area (Å²) in [6, 6.07) is 0. The predicted octanol–water partition coefficient (Wildman–Crippen LogP) is 0.678. The van der Waals surface area contributed by atoms with Crippen LogP contribution in [0.3, 0.4) is 0 Å². The molecule has 2 rings (SSSR count). The van der Waals surface area contributed by atoms with Crippen LogP contribution in [0.5, 0.6) is 0 Å². The van der Waals surface area contributed by atoms with Crippen LogP contribution in [-0.4, -0.2) is 19.8 Å². The van der Waals surface area contributed by atoms with Crippen LogP contribution in [0, 0.1) is 13.8 Å². The number of nitrogen functional groups attached to an aromatic ring is 1. The van der Waals surface area contributed by atoms with Crippen LogP contribution in [-0.2, 0) is 0 Å². The molecule has 0 amide bonds. The van der Waals surface area contributed by atoms with Crippen molar-refractivity contribution >= 4 is 23.7 Å². The third kappa shape index (κ3) is 1.02. The molecule has 0 radical (unpaired) electrons. The van der Waals surface area contributed by atoms with Crippen molar-refractivity contribution in [2.45, 2.75) is 13.8 Å². The van der Waals surface area contributed by atoms with Crippen LogP contribution in [0.1, 0.15) is 11.5 Å². The minimum atomic E-state index is 0. The lowest BCUT2D eigenvalue weighted by Crippen LogP contribution is -1.87. The number of nitrogens with one attached hydrogen (secondary N) is 1. The Hall–Kier alpha value is -1.23. The Morgan fingerprint density at radius 1 is 1.42 bits per heavy atom. The van der Waals surface area contributed by atoms with Gasteiger partial charge < -0.3 is 5.73 Å². The summed E-state index contributed by atoms with van der Waals surface area (Å²) in [5, 5.41) is 7.03. The van der Waals surface area contributed by atoms with Crippen molar-refractivity contribution in [3.63, 3.8) is 0 Å². The largest absolute Gasteiger partial charge is 0.394 e. The van der Waals surface area contributed by atoms with Crippen LogP contribution in [0.15, 0.2) is 0 Å². The number of anilines is 1. The van der Waals surface area contributed by atoms with Gasteiger partial charge in [0.05, 0.1) is 11.4 Å². The van der Waals surface area contributed by atoms with Gasteiger partial charge in [0.1, 0.15) is 5.82 Å². The number of nitrogens with zero attached hydrogens (tertiary/aromatic N) is 3. The Morgan fingerprint density at radius 2 is 2.08 bits per heavy atom. The highest BCUT2D eigenvalue weighted by atomic mass is 35.5. The number of aromatic nitrogens is 4. The maximum absolute atomic E-state index is 5.70. The van der Waals surface area contributed by atoms with Crippen LogP contribution < -0.4 is 5.73 Å². The zero-order valence-corrected chi connectivity index (χ0v) is 7.64. The van der Waals surface area contributed by atoms with Crippen LogP contribution in [0.25, 0.3) is 5.65 Å². The zero-order valence-electron chi connectivity index (χ0n) is 6.83. The number of H-pyrrole nitrogens is 1. The van der Waals surface area contributed by atoms with E-state index in [0.29, 0.717) is 11.3 Å². The second-order valence-corrected chi connectivity index (χ2v) is 2.54. The summed E-state index contributed by atoms with van der Waals surface area (Å²) in [6.45, 7) is 3.72. The first kappa shape index (κ1) is 8.86. The molecule has 0 aliphatic rings. The van der Waals surface area contributed by atoms with Crippen molar-refractivity contribution in [1.82, 2.24) is 19.8 Å². The van der Waals surface area contributed by atoms with E-state index in [4.69, 9.17) is 5.73 Å². The highest BCUT2D eigenvalue weighted by molar-refractivity contribution is 5.85. The van der Waals surface area contributed by atoms with Gasteiger partial charge >= 0.3 is 0 Å². The normalized spacial score (nSPS) is 10.2. The molecule has 0 atom stereocenters. The molecule has 66 valence electrons. The molecule has 6 heteroatoms. The molecule has 2 aromatic rings. The topological polar surface area (TPSA) is 72.0 Å². The second kappa shape index (κ2) is 2.67. The van der Waals surface area contributed by atoms with E-state index in [0.717, 1.165) is 11.5 Å². The molecule has 5 nitrogen and oxygen atoms in total. The lowest BCUT2D eigenvalue weighted by molar-refractivity contribution is 0.793. The molecule has 0 aliphatic carbocycles. The Bertz CT molecular complexity index is 401. The number of aryl methyl sites for hydroxylation is 2. The Balaban J connectivity index is 0.000000720. The third-order valence-corrected chi connectivity index (χ3v) is 1.63. The third-order valence-electron chi connectivity index (χ3n) is 1.63. The van der Waals surface area contributed by atoms with E-state index in [9.17, 15) is 0 Å². The lowest BCUT2D eigenvalue weighted by Gasteiger charge is -1.83. The highest BCUT2D eigenvalue weighted by Crippen LogP contribution is 2.14. The van der Waals surface area contributed by atoms with E-state index in [2.05, 4.69) is 15.2 Å². The van der Waals surface area contributed by atoms with Gasteiger partial charge in [0, 0.05) is 0 Å². The molecular formula is C6H10ClN5. The minimum Gasteiger partial charge on any atom is -0.394 e. The van der Waals surface area contributed by atoms with Gasteiger partial charge in [-0.3, -0.25) is 5.10 Å². The fourth-order valence-corrected chi connectivity index (χ4v) is 1.05. The standard InChI is InChI=1S/C6H9N5.ClH/c1-3-5(7)6-8-4(2)10-11(6)9-3;/h9H,7H2,1-2H3;1H. The van der Waals surface area contributed by atoms with Crippen molar-refractivity contribution < 1.29 is 0 Å².